The van der Waals surface area contributed by atoms with Crippen LogP contribution >= 0.6 is 34.2 Å². The average molecular weight is 588 g/mol. The zero-order valence-corrected chi connectivity index (χ0v) is 21.2. The number of halogens is 2. The molecule has 0 saturated carbocycles. The minimum absolute atomic E-state index is 0.104. The van der Waals surface area contributed by atoms with Crippen molar-refractivity contribution in [3.05, 3.63) is 97.2 Å². The fourth-order valence-corrected chi connectivity index (χ4v) is 3.82. The fraction of sp³-hybridized carbons (Fsp3) is 0.115. The molecule has 3 aromatic rings. The van der Waals surface area contributed by atoms with Gasteiger partial charge in [-0.05, 0) is 96.1 Å². The van der Waals surface area contributed by atoms with Crippen molar-refractivity contribution in [2.75, 3.05) is 6.61 Å². The van der Waals surface area contributed by atoms with Gasteiger partial charge in [0.2, 0.25) is 5.90 Å². The molecule has 0 amide bonds. The largest absolute Gasteiger partial charge is 0.490 e. The van der Waals surface area contributed by atoms with Crippen molar-refractivity contribution in [2.45, 2.75) is 13.8 Å². The standard InChI is InChI=1S/C26H19ClINO5/c1-3-32-22-14-16(12-19(27)23(22)33-25(30)17-7-5-4-6-8-17)13-21-26(31)34-24(29-21)18-9-10-20(28)15(2)11-18/h4-14H,3H2,1-2H3/b21-13-. The van der Waals surface area contributed by atoms with E-state index in [0.717, 1.165) is 9.13 Å². The van der Waals surface area contributed by atoms with Crippen LogP contribution in [0, 0.1) is 10.5 Å². The van der Waals surface area contributed by atoms with E-state index in [1.807, 2.05) is 25.1 Å². The molecule has 6 nitrogen and oxygen atoms in total. The number of hydrogen-bond acceptors (Lipinski definition) is 6. The predicted octanol–water partition coefficient (Wildman–Crippen LogP) is 6.22. The fourth-order valence-electron chi connectivity index (χ4n) is 3.23. The molecule has 0 fully saturated rings. The number of carbonyl (C=O) groups excluding carboxylic acids is 2. The second kappa shape index (κ2) is 10.4. The lowest BCUT2D eigenvalue weighted by molar-refractivity contribution is -0.129. The number of carbonyl (C=O) groups is 2. The van der Waals surface area contributed by atoms with Crippen LogP contribution < -0.4 is 9.47 Å². The van der Waals surface area contributed by atoms with Crippen LogP contribution in [-0.4, -0.2) is 24.4 Å². The van der Waals surface area contributed by atoms with Crippen LogP contribution in [0.25, 0.3) is 6.08 Å². The Morgan fingerprint density at radius 3 is 2.62 bits per heavy atom. The van der Waals surface area contributed by atoms with Crippen LogP contribution in [0.4, 0.5) is 0 Å². The van der Waals surface area contributed by atoms with Gasteiger partial charge in [-0.15, -0.1) is 0 Å². The van der Waals surface area contributed by atoms with Gasteiger partial charge in [0.15, 0.2) is 17.2 Å². The van der Waals surface area contributed by atoms with Gasteiger partial charge >= 0.3 is 11.9 Å². The molecule has 1 aliphatic rings. The second-order valence-corrected chi connectivity index (χ2v) is 8.89. The first-order chi connectivity index (χ1) is 16.4. The molecule has 0 aromatic heterocycles. The molecule has 0 radical (unpaired) electrons. The van der Waals surface area contributed by atoms with Crippen LogP contribution in [0.3, 0.4) is 0 Å². The summed E-state index contributed by atoms with van der Waals surface area (Å²) in [6.07, 6.45) is 1.55. The molecule has 0 N–H and O–H groups in total. The minimum Gasteiger partial charge on any atom is -0.490 e. The second-order valence-electron chi connectivity index (χ2n) is 7.32. The third-order valence-electron chi connectivity index (χ3n) is 4.86. The van der Waals surface area contributed by atoms with E-state index in [4.69, 9.17) is 25.8 Å². The number of ether oxygens (including phenoxy) is 3. The first-order valence-electron chi connectivity index (χ1n) is 10.4. The monoisotopic (exact) mass is 587 g/mol. The number of aliphatic imine (C=N–C) groups is 1. The SMILES string of the molecule is CCOc1cc(/C=C2\N=C(c3ccc(I)c(C)c3)OC2=O)cc(Cl)c1OC(=O)c1ccccc1. The number of cyclic esters (lactones) is 1. The summed E-state index contributed by atoms with van der Waals surface area (Å²) < 4.78 is 17.7. The lowest BCUT2D eigenvalue weighted by Crippen LogP contribution is -2.10. The highest BCUT2D eigenvalue weighted by atomic mass is 127. The van der Waals surface area contributed by atoms with Gasteiger partial charge in [0, 0.05) is 9.13 Å². The number of benzene rings is 3. The molecule has 0 aliphatic carbocycles. The molecule has 8 heteroatoms. The highest BCUT2D eigenvalue weighted by Gasteiger charge is 2.25. The molecular formula is C26H19ClINO5. The van der Waals surface area contributed by atoms with E-state index >= 15 is 0 Å². The molecule has 1 heterocycles. The Balaban J connectivity index is 1.65. The molecule has 0 saturated heterocycles. The molecular weight excluding hydrogens is 569 g/mol. The van der Waals surface area contributed by atoms with E-state index < -0.39 is 11.9 Å². The molecule has 1 aliphatic heterocycles. The van der Waals surface area contributed by atoms with E-state index in [2.05, 4.69) is 27.6 Å². The molecule has 3 aromatic carbocycles. The van der Waals surface area contributed by atoms with Crippen molar-refractivity contribution in [1.29, 1.82) is 0 Å². The molecule has 0 bridgehead atoms. The van der Waals surface area contributed by atoms with E-state index in [-0.39, 0.29) is 28.1 Å². The normalized spacial score (nSPS) is 14.1. The molecule has 34 heavy (non-hydrogen) atoms. The zero-order chi connectivity index (χ0) is 24.2. The van der Waals surface area contributed by atoms with E-state index in [1.54, 1.807) is 55.5 Å². The van der Waals surface area contributed by atoms with Crippen LogP contribution in [0.2, 0.25) is 5.02 Å². The quantitative estimate of drug-likeness (QED) is 0.148. The van der Waals surface area contributed by atoms with E-state index in [1.165, 1.54) is 0 Å². The van der Waals surface area contributed by atoms with Gasteiger partial charge in [-0.3, -0.25) is 0 Å². The number of esters is 2. The Kier molecular flexibility index (Phi) is 7.33. The highest BCUT2D eigenvalue weighted by Crippen LogP contribution is 2.38. The first kappa shape index (κ1) is 24.0. The molecule has 0 atom stereocenters. The maximum Gasteiger partial charge on any atom is 0.363 e. The third kappa shape index (κ3) is 5.31. The lowest BCUT2D eigenvalue weighted by Gasteiger charge is -2.13. The number of rotatable bonds is 6. The van der Waals surface area contributed by atoms with Crippen LogP contribution in [0.15, 0.2) is 71.4 Å². The Morgan fingerprint density at radius 2 is 1.91 bits per heavy atom. The predicted molar refractivity (Wildman–Crippen MR) is 139 cm³/mol. The van der Waals surface area contributed by atoms with Crippen molar-refractivity contribution in [3.63, 3.8) is 0 Å². The summed E-state index contributed by atoms with van der Waals surface area (Å²) in [6.45, 7) is 4.10. The highest BCUT2D eigenvalue weighted by molar-refractivity contribution is 14.1. The third-order valence-corrected chi connectivity index (χ3v) is 6.36. The Morgan fingerprint density at radius 1 is 1.15 bits per heavy atom. The van der Waals surface area contributed by atoms with Crippen molar-refractivity contribution < 1.29 is 23.8 Å². The van der Waals surface area contributed by atoms with Gasteiger partial charge in [-0.1, -0.05) is 29.8 Å². The van der Waals surface area contributed by atoms with Crippen molar-refractivity contribution in [3.8, 4) is 11.5 Å². The summed E-state index contributed by atoms with van der Waals surface area (Å²) in [5.74, 6) is -0.516. The molecule has 0 unspecified atom stereocenters. The van der Waals surface area contributed by atoms with Gasteiger partial charge in [0.05, 0.1) is 17.2 Å². The molecule has 4 rings (SSSR count). The van der Waals surface area contributed by atoms with Gasteiger partial charge in [0.1, 0.15) is 0 Å². The zero-order valence-electron chi connectivity index (χ0n) is 18.3. The number of nitrogens with zero attached hydrogens (tertiary/aromatic N) is 1. The van der Waals surface area contributed by atoms with Gasteiger partial charge in [-0.25, -0.2) is 14.6 Å². The lowest BCUT2D eigenvalue weighted by atomic mass is 10.1. The Bertz CT molecular complexity index is 1330. The van der Waals surface area contributed by atoms with Gasteiger partial charge < -0.3 is 14.2 Å². The summed E-state index contributed by atoms with van der Waals surface area (Å²) in [4.78, 5) is 29.3. The van der Waals surface area contributed by atoms with E-state index in [9.17, 15) is 9.59 Å². The smallest absolute Gasteiger partial charge is 0.363 e. The maximum atomic E-state index is 12.5. The summed E-state index contributed by atoms with van der Waals surface area (Å²) in [7, 11) is 0. The Labute approximate surface area is 215 Å². The molecule has 0 spiro atoms. The van der Waals surface area contributed by atoms with E-state index in [0.29, 0.717) is 23.3 Å². The van der Waals surface area contributed by atoms with Gasteiger partial charge in [0.25, 0.3) is 0 Å². The maximum absolute atomic E-state index is 12.5. The topological polar surface area (TPSA) is 74.2 Å². The summed E-state index contributed by atoms with van der Waals surface area (Å²) in [5.41, 5.74) is 2.82. The first-order valence-corrected chi connectivity index (χ1v) is 11.8. The van der Waals surface area contributed by atoms with Crippen LogP contribution in [0.1, 0.15) is 34.0 Å². The van der Waals surface area contributed by atoms with Crippen molar-refractivity contribution in [1.82, 2.24) is 0 Å². The number of aryl methyl sites for hydroxylation is 1. The van der Waals surface area contributed by atoms with Gasteiger partial charge in [-0.2, -0.15) is 0 Å². The van der Waals surface area contributed by atoms with Crippen LogP contribution in [-0.2, 0) is 9.53 Å². The summed E-state index contributed by atoms with van der Waals surface area (Å²) >= 11 is 8.68. The molecule has 172 valence electrons. The van der Waals surface area contributed by atoms with Crippen molar-refractivity contribution >= 4 is 58.1 Å². The summed E-state index contributed by atoms with van der Waals surface area (Å²) in [5, 5.41) is 0.158. The number of hydrogen-bond donors (Lipinski definition) is 0. The van der Waals surface area contributed by atoms with Crippen LogP contribution in [0.5, 0.6) is 11.5 Å². The summed E-state index contributed by atoms with van der Waals surface area (Å²) in [6, 6.07) is 17.5. The minimum atomic E-state index is -0.570. The Hall–Kier alpha value is -3.17. The average Bonchev–Trinajstić information content (AvgIpc) is 3.18. The van der Waals surface area contributed by atoms with Crippen molar-refractivity contribution in [2.24, 2.45) is 4.99 Å².